The predicted octanol–water partition coefficient (Wildman–Crippen LogP) is 3.29. The summed E-state index contributed by atoms with van der Waals surface area (Å²) in [7, 11) is 0. The first-order chi connectivity index (χ1) is 11.9. The molecule has 1 unspecified atom stereocenters. The van der Waals surface area contributed by atoms with Crippen LogP contribution in [-0.4, -0.2) is 40.5 Å². The Balaban J connectivity index is 1.41. The lowest BCUT2D eigenvalue weighted by Crippen LogP contribution is -2.31. The molecule has 2 aromatic rings. The summed E-state index contributed by atoms with van der Waals surface area (Å²) in [5.41, 5.74) is 2.09. The quantitative estimate of drug-likeness (QED) is 0.841. The van der Waals surface area contributed by atoms with Gasteiger partial charge in [-0.15, -0.1) is 11.3 Å². The Morgan fingerprint density at radius 3 is 2.76 bits per heavy atom. The number of likely N-dealkylation sites (tertiary alicyclic amines) is 2. The summed E-state index contributed by atoms with van der Waals surface area (Å²) in [6.45, 7) is 10.6. The predicted molar refractivity (Wildman–Crippen MR) is 97.4 cm³/mol. The van der Waals surface area contributed by atoms with Gasteiger partial charge in [0.05, 0.1) is 12.2 Å². The Bertz CT molecular complexity index is 777. The molecule has 0 aromatic carbocycles. The minimum absolute atomic E-state index is 0.127. The van der Waals surface area contributed by atoms with E-state index in [2.05, 4.69) is 29.1 Å². The molecule has 0 N–H and O–H groups in total. The molecule has 4 rings (SSSR count). The first-order valence-electron chi connectivity index (χ1n) is 8.91. The molecule has 25 heavy (non-hydrogen) atoms. The van der Waals surface area contributed by atoms with Crippen LogP contribution >= 0.6 is 11.3 Å². The maximum Gasteiger partial charge on any atom is 0.223 e. The summed E-state index contributed by atoms with van der Waals surface area (Å²) in [5.74, 6) is 1.10. The van der Waals surface area contributed by atoms with Crippen molar-refractivity contribution < 1.29 is 9.32 Å². The summed E-state index contributed by atoms with van der Waals surface area (Å²) in [6.07, 6.45) is 1.79. The fraction of sp³-hybridized carbons (Fsp3) is 0.579. The van der Waals surface area contributed by atoms with Gasteiger partial charge in [-0.25, -0.2) is 0 Å². The number of carbonyl (C=O) groups excluding carboxylic acids is 1. The van der Waals surface area contributed by atoms with Crippen molar-refractivity contribution in [2.45, 2.75) is 46.7 Å². The van der Waals surface area contributed by atoms with Crippen LogP contribution in [0, 0.1) is 26.2 Å². The van der Waals surface area contributed by atoms with Crippen molar-refractivity contribution in [3.63, 3.8) is 0 Å². The minimum Gasteiger partial charge on any atom is -0.361 e. The molecule has 5 nitrogen and oxygen atoms in total. The van der Waals surface area contributed by atoms with Crippen LogP contribution in [-0.2, 0) is 17.9 Å². The van der Waals surface area contributed by atoms with Gasteiger partial charge in [0.2, 0.25) is 5.91 Å². The van der Waals surface area contributed by atoms with Crippen molar-refractivity contribution in [1.29, 1.82) is 0 Å². The molecule has 0 aliphatic carbocycles. The lowest BCUT2D eigenvalue weighted by atomic mass is 9.86. The van der Waals surface area contributed by atoms with Crippen molar-refractivity contribution in [3.8, 4) is 0 Å². The summed E-state index contributed by atoms with van der Waals surface area (Å²) in [5, 5.41) is 4.01. The molecular formula is C19H25N3O2S. The number of amides is 1. The molecule has 1 atom stereocenters. The van der Waals surface area contributed by atoms with Crippen LogP contribution < -0.4 is 0 Å². The summed E-state index contributed by atoms with van der Waals surface area (Å²) < 4.78 is 5.25. The van der Waals surface area contributed by atoms with Crippen molar-refractivity contribution in [2.24, 2.45) is 5.41 Å². The highest BCUT2D eigenvalue weighted by atomic mass is 32.1. The summed E-state index contributed by atoms with van der Waals surface area (Å²) in [4.78, 5) is 19.9. The van der Waals surface area contributed by atoms with Gasteiger partial charge >= 0.3 is 0 Å². The first kappa shape index (κ1) is 16.8. The normalized spacial score (nSPS) is 24.1. The third-order valence-corrected chi connectivity index (χ3v) is 6.61. The van der Waals surface area contributed by atoms with E-state index >= 15 is 0 Å². The van der Waals surface area contributed by atoms with Gasteiger partial charge < -0.3 is 9.42 Å². The van der Waals surface area contributed by atoms with E-state index in [4.69, 9.17) is 4.52 Å². The highest BCUT2D eigenvalue weighted by Gasteiger charge is 2.47. The van der Waals surface area contributed by atoms with Gasteiger partial charge in [0.25, 0.3) is 0 Å². The monoisotopic (exact) mass is 359 g/mol. The van der Waals surface area contributed by atoms with Crippen LogP contribution in [0.1, 0.15) is 39.6 Å². The number of rotatable bonds is 4. The average Bonchev–Trinajstić information content (AvgIpc) is 3.29. The third-order valence-electron chi connectivity index (χ3n) is 5.63. The van der Waals surface area contributed by atoms with Crippen LogP contribution in [0.4, 0.5) is 0 Å². The molecule has 1 spiro atoms. The van der Waals surface area contributed by atoms with Crippen LogP contribution in [0.25, 0.3) is 0 Å². The summed E-state index contributed by atoms with van der Waals surface area (Å²) >= 11 is 1.88. The Morgan fingerprint density at radius 2 is 2.08 bits per heavy atom. The maximum absolute atomic E-state index is 12.6. The smallest absolute Gasteiger partial charge is 0.223 e. The van der Waals surface area contributed by atoms with E-state index in [9.17, 15) is 4.79 Å². The van der Waals surface area contributed by atoms with E-state index in [0.29, 0.717) is 13.0 Å². The van der Waals surface area contributed by atoms with Crippen molar-refractivity contribution in [3.05, 3.63) is 38.9 Å². The first-order valence-corrected chi connectivity index (χ1v) is 9.73. The zero-order valence-corrected chi connectivity index (χ0v) is 16.0. The van der Waals surface area contributed by atoms with Gasteiger partial charge in [-0.05, 0) is 45.9 Å². The molecule has 2 fully saturated rings. The topological polar surface area (TPSA) is 49.6 Å². The number of carbonyl (C=O) groups is 1. The molecule has 0 bridgehead atoms. The van der Waals surface area contributed by atoms with Gasteiger partial charge in [0.1, 0.15) is 5.76 Å². The second-order valence-electron chi connectivity index (χ2n) is 7.70. The van der Waals surface area contributed by atoms with Gasteiger partial charge in [0, 0.05) is 46.8 Å². The summed E-state index contributed by atoms with van der Waals surface area (Å²) in [6, 6.07) is 4.42. The number of nitrogens with zero attached hydrogens (tertiary/aromatic N) is 3. The molecular weight excluding hydrogens is 334 g/mol. The Hall–Kier alpha value is -1.66. The number of hydrogen-bond acceptors (Lipinski definition) is 5. The molecule has 134 valence electrons. The van der Waals surface area contributed by atoms with Gasteiger partial charge in [-0.2, -0.15) is 0 Å². The van der Waals surface area contributed by atoms with Crippen LogP contribution in [0.3, 0.4) is 0 Å². The largest absolute Gasteiger partial charge is 0.361 e. The number of hydrogen-bond donors (Lipinski definition) is 0. The molecule has 1 amide bonds. The van der Waals surface area contributed by atoms with E-state index in [-0.39, 0.29) is 11.3 Å². The molecule has 2 aliphatic rings. The molecule has 4 heterocycles. The minimum atomic E-state index is 0.127. The van der Waals surface area contributed by atoms with Crippen LogP contribution in [0.15, 0.2) is 16.7 Å². The zero-order chi connectivity index (χ0) is 17.6. The van der Waals surface area contributed by atoms with Crippen molar-refractivity contribution in [1.82, 2.24) is 15.0 Å². The van der Waals surface area contributed by atoms with E-state index < -0.39 is 0 Å². The molecule has 0 saturated carbocycles. The molecule has 2 saturated heterocycles. The lowest BCUT2D eigenvalue weighted by Gasteiger charge is -2.24. The highest BCUT2D eigenvalue weighted by molar-refractivity contribution is 7.11. The number of aryl methyl sites for hydroxylation is 3. The molecule has 2 aliphatic heterocycles. The number of thiophene rings is 1. The van der Waals surface area contributed by atoms with Crippen molar-refractivity contribution in [2.75, 3.05) is 19.6 Å². The van der Waals surface area contributed by atoms with Gasteiger partial charge in [-0.3, -0.25) is 9.69 Å². The fourth-order valence-electron chi connectivity index (χ4n) is 4.27. The van der Waals surface area contributed by atoms with E-state index in [0.717, 1.165) is 49.6 Å². The van der Waals surface area contributed by atoms with E-state index in [1.54, 1.807) is 0 Å². The molecule has 2 aromatic heterocycles. The van der Waals surface area contributed by atoms with Gasteiger partial charge in [0.15, 0.2) is 0 Å². The standard InChI is InChI=1S/C19H25N3O2S/c1-13-4-5-16(25-13)9-21-7-6-19(11-21)8-18(23)22(12-19)10-17-14(2)20-24-15(17)3/h4-5H,6-12H2,1-3H3. The van der Waals surface area contributed by atoms with E-state index in [1.807, 2.05) is 30.1 Å². The Labute approximate surface area is 152 Å². The highest BCUT2D eigenvalue weighted by Crippen LogP contribution is 2.41. The Morgan fingerprint density at radius 1 is 1.24 bits per heavy atom. The Kier molecular flexibility index (Phi) is 4.20. The average molecular weight is 359 g/mol. The molecule has 0 radical (unpaired) electrons. The van der Waals surface area contributed by atoms with Gasteiger partial charge in [-0.1, -0.05) is 5.16 Å². The van der Waals surface area contributed by atoms with E-state index in [1.165, 1.54) is 9.75 Å². The van der Waals surface area contributed by atoms with Crippen LogP contribution in [0.2, 0.25) is 0 Å². The van der Waals surface area contributed by atoms with Crippen LogP contribution in [0.5, 0.6) is 0 Å². The van der Waals surface area contributed by atoms with Crippen molar-refractivity contribution >= 4 is 17.2 Å². The SMILES string of the molecule is Cc1ccc(CN2CCC3(CC(=O)N(Cc4c(C)noc4C)C3)C2)s1. The third kappa shape index (κ3) is 3.25. The maximum atomic E-state index is 12.6. The second kappa shape index (κ2) is 6.25. The number of aromatic nitrogens is 1. The second-order valence-corrected chi connectivity index (χ2v) is 9.07. The molecule has 6 heteroatoms. The zero-order valence-electron chi connectivity index (χ0n) is 15.2. The lowest BCUT2D eigenvalue weighted by molar-refractivity contribution is -0.128. The fourth-order valence-corrected chi connectivity index (χ4v) is 5.20.